The molecule has 1 aromatic carbocycles. The predicted octanol–water partition coefficient (Wildman–Crippen LogP) is 3.56. The van der Waals surface area contributed by atoms with E-state index in [4.69, 9.17) is 0 Å². The molecule has 1 aliphatic carbocycles. The summed E-state index contributed by atoms with van der Waals surface area (Å²) in [6.07, 6.45) is 4.06. The molecule has 0 bridgehead atoms. The van der Waals surface area contributed by atoms with Crippen molar-refractivity contribution in [3.8, 4) is 10.7 Å². The number of carbonyl (C=O) groups is 1. The summed E-state index contributed by atoms with van der Waals surface area (Å²) >= 11 is 0.0771. The SMILES string of the molecule is COC(=O)c1ccc(C#C[Se]c2ccc3c(c2)C(C)(C)CCC3(C)C)cn1. The molecule has 0 aliphatic heterocycles. The van der Waals surface area contributed by atoms with Gasteiger partial charge in [-0.25, -0.2) is 0 Å². The van der Waals surface area contributed by atoms with Crippen molar-refractivity contribution in [3.05, 3.63) is 58.9 Å². The van der Waals surface area contributed by atoms with Crippen molar-refractivity contribution in [2.75, 3.05) is 7.11 Å². The Hall–Kier alpha value is -2.08. The van der Waals surface area contributed by atoms with Crippen LogP contribution in [0.25, 0.3) is 0 Å². The fourth-order valence-electron chi connectivity index (χ4n) is 3.47. The minimum absolute atomic E-state index is 0.0771. The molecule has 0 fully saturated rings. The Morgan fingerprint density at radius 1 is 1.07 bits per heavy atom. The summed E-state index contributed by atoms with van der Waals surface area (Å²) in [5, 5.41) is 0. The van der Waals surface area contributed by atoms with E-state index in [2.05, 4.69) is 66.4 Å². The molecule has 1 heterocycles. The molecule has 1 aromatic heterocycles. The first kappa shape index (κ1) is 19.7. The summed E-state index contributed by atoms with van der Waals surface area (Å²) in [4.78, 5) is 18.8. The number of fused-ring (bicyclic) bond motifs is 1. The third-order valence-electron chi connectivity index (χ3n) is 5.35. The summed E-state index contributed by atoms with van der Waals surface area (Å²) in [5.41, 5.74) is 4.53. The standard InChI is InChI=1S/C23H25NO2Se/c1-22(2)11-12-23(3,4)19-14-17(7-8-18(19)22)27-13-10-16-6-9-20(24-15-16)21(25)26-5/h6-9,14-15H,11-12H2,1-5H3. The van der Waals surface area contributed by atoms with Crippen LogP contribution in [-0.2, 0) is 15.6 Å². The zero-order valence-electron chi connectivity index (χ0n) is 16.6. The third kappa shape index (κ3) is 4.26. The van der Waals surface area contributed by atoms with E-state index < -0.39 is 5.97 Å². The second-order valence-electron chi connectivity index (χ2n) is 8.23. The van der Waals surface area contributed by atoms with E-state index >= 15 is 0 Å². The van der Waals surface area contributed by atoms with E-state index in [1.54, 1.807) is 18.3 Å². The van der Waals surface area contributed by atoms with Gasteiger partial charge in [0.25, 0.3) is 0 Å². The molecule has 140 valence electrons. The number of carbonyl (C=O) groups excluding carboxylic acids is 1. The summed E-state index contributed by atoms with van der Waals surface area (Å²) in [5.74, 6) is 2.73. The molecule has 0 saturated heterocycles. The zero-order valence-corrected chi connectivity index (χ0v) is 18.3. The number of rotatable bonds is 2. The van der Waals surface area contributed by atoms with Gasteiger partial charge in [0.1, 0.15) is 0 Å². The molecule has 27 heavy (non-hydrogen) atoms. The van der Waals surface area contributed by atoms with E-state index in [1.165, 1.54) is 35.5 Å². The van der Waals surface area contributed by atoms with Crippen molar-refractivity contribution in [2.45, 2.75) is 51.4 Å². The van der Waals surface area contributed by atoms with Crippen LogP contribution in [0.15, 0.2) is 36.5 Å². The Morgan fingerprint density at radius 2 is 1.78 bits per heavy atom. The van der Waals surface area contributed by atoms with Gasteiger partial charge in [-0.3, -0.25) is 0 Å². The van der Waals surface area contributed by atoms with Crippen LogP contribution >= 0.6 is 0 Å². The Morgan fingerprint density at radius 3 is 2.41 bits per heavy atom. The van der Waals surface area contributed by atoms with Crippen molar-refractivity contribution < 1.29 is 9.53 Å². The molecule has 0 N–H and O–H groups in total. The quantitative estimate of drug-likeness (QED) is 0.419. The number of aromatic nitrogens is 1. The van der Waals surface area contributed by atoms with Crippen LogP contribution in [0.4, 0.5) is 0 Å². The zero-order chi connectivity index (χ0) is 19.7. The number of esters is 1. The molecule has 3 nitrogen and oxygen atoms in total. The first-order valence-corrected chi connectivity index (χ1v) is 10.8. The molecule has 3 rings (SSSR count). The molecule has 0 spiro atoms. The number of ether oxygens (including phenoxy) is 1. The number of hydrogen-bond acceptors (Lipinski definition) is 3. The first-order valence-electron chi connectivity index (χ1n) is 9.10. The summed E-state index contributed by atoms with van der Waals surface area (Å²) in [6.45, 7) is 9.38. The Labute approximate surface area is 168 Å². The average Bonchev–Trinajstić information content (AvgIpc) is 2.65. The normalized spacial score (nSPS) is 16.6. The molecule has 1 aliphatic rings. The van der Waals surface area contributed by atoms with Crippen LogP contribution in [-0.4, -0.2) is 33.0 Å². The van der Waals surface area contributed by atoms with Crippen LogP contribution in [0.3, 0.4) is 0 Å². The number of hydrogen-bond donors (Lipinski definition) is 0. The molecular formula is C23H25NO2Se. The fraction of sp³-hybridized carbons (Fsp3) is 0.391. The molecule has 0 amide bonds. The molecule has 0 atom stereocenters. The van der Waals surface area contributed by atoms with Gasteiger partial charge in [-0.15, -0.1) is 0 Å². The summed E-state index contributed by atoms with van der Waals surface area (Å²) in [6, 6.07) is 10.4. The van der Waals surface area contributed by atoms with Crippen LogP contribution in [0.5, 0.6) is 0 Å². The maximum absolute atomic E-state index is 11.4. The van der Waals surface area contributed by atoms with Gasteiger partial charge < -0.3 is 0 Å². The predicted molar refractivity (Wildman–Crippen MR) is 110 cm³/mol. The average molecular weight is 426 g/mol. The number of nitrogens with zero attached hydrogens (tertiary/aromatic N) is 1. The second kappa shape index (κ2) is 7.50. The Bertz CT molecular complexity index is 918. The Kier molecular flexibility index (Phi) is 5.47. The van der Waals surface area contributed by atoms with E-state index in [0.717, 1.165) is 5.56 Å². The minimum atomic E-state index is -0.432. The molecular weight excluding hydrogens is 401 g/mol. The number of pyridine rings is 1. The van der Waals surface area contributed by atoms with Gasteiger partial charge in [0, 0.05) is 0 Å². The van der Waals surface area contributed by atoms with Gasteiger partial charge in [0.05, 0.1) is 0 Å². The van der Waals surface area contributed by atoms with Gasteiger partial charge in [0.15, 0.2) is 0 Å². The third-order valence-corrected chi connectivity index (χ3v) is 6.80. The van der Waals surface area contributed by atoms with E-state index in [9.17, 15) is 4.79 Å². The van der Waals surface area contributed by atoms with Gasteiger partial charge in [-0.05, 0) is 0 Å². The van der Waals surface area contributed by atoms with Crippen molar-refractivity contribution >= 4 is 25.4 Å². The van der Waals surface area contributed by atoms with E-state index in [-0.39, 0.29) is 25.8 Å². The Balaban J connectivity index is 1.78. The van der Waals surface area contributed by atoms with Gasteiger partial charge in [-0.1, -0.05) is 0 Å². The van der Waals surface area contributed by atoms with Crippen molar-refractivity contribution in [1.82, 2.24) is 4.98 Å². The van der Waals surface area contributed by atoms with Crippen LogP contribution in [0.2, 0.25) is 0 Å². The van der Waals surface area contributed by atoms with Crippen LogP contribution < -0.4 is 4.46 Å². The fourth-order valence-corrected chi connectivity index (χ4v) is 4.73. The summed E-state index contributed by atoms with van der Waals surface area (Å²) < 4.78 is 5.96. The molecule has 0 unspecified atom stereocenters. The van der Waals surface area contributed by atoms with Crippen LogP contribution in [0.1, 0.15) is 67.7 Å². The number of benzene rings is 1. The van der Waals surface area contributed by atoms with E-state index in [1.807, 2.05) is 0 Å². The second-order valence-corrected chi connectivity index (χ2v) is 10.1. The van der Waals surface area contributed by atoms with Crippen molar-refractivity contribution in [1.29, 1.82) is 0 Å². The monoisotopic (exact) mass is 427 g/mol. The van der Waals surface area contributed by atoms with Crippen molar-refractivity contribution in [2.24, 2.45) is 0 Å². The van der Waals surface area contributed by atoms with Gasteiger partial charge in [-0.2, -0.15) is 0 Å². The summed E-state index contributed by atoms with van der Waals surface area (Å²) in [7, 11) is 1.35. The number of methoxy groups -OCH3 is 1. The molecule has 2 aromatic rings. The first-order chi connectivity index (χ1) is 12.7. The maximum atomic E-state index is 11.4. The molecule has 0 saturated carbocycles. The van der Waals surface area contributed by atoms with E-state index in [0.29, 0.717) is 5.69 Å². The topological polar surface area (TPSA) is 39.2 Å². The van der Waals surface area contributed by atoms with Crippen molar-refractivity contribution in [3.63, 3.8) is 0 Å². The van der Waals surface area contributed by atoms with Crippen LogP contribution in [0, 0.1) is 10.7 Å². The van der Waals surface area contributed by atoms with Gasteiger partial charge >= 0.3 is 168 Å². The van der Waals surface area contributed by atoms with Gasteiger partial charge in [0.2, 0.25) is 0 Å². The molecule has 4 heteroatoms. The molecule has 0 radical (unpaired) electrons.